The van der Waals surface area contributed by atoms with Crippen LogP contribution in [-0.4, -0.2) is 36.8 Å². The van der Waals surface area contributed by atoms with Crippen LogP contribution in [0.2, 0.25) is 0 Å². The van der Waals surface area contributed by atoms with Crippen molar-refractivity contribution in [2.45, 2.75) is 58.9 Å². The molecule has 0 aromatic heterocycles. The largest absolute Gasteiger partial charge is 0.409 e. The minimum atomic E-state index is -0.221. The second-order valence-corrected chi connectivity index (χ2v) is 6.52. The van der Waals surface area contributed by atoms with Gasteiger partial charge in [-0.1, -0.05) is 25.4 Å². The Hall–Kier alpha value is -0.810. The van der Waals surface area contributed by atoms with E-state index in [2.05, 4.69) is 17.4 Å². The van der Waals surface area contributed by atoms with Gasteiger partial charge in [0.1, 0.15) is 5.84 Å². The zero-order valence-corrected chi connectivity index (χ0v) is 13.2. The minimum Gasteiger partial charge on any atom is -0.409 e. The maximum absolute atomic E-state index is 8.73. The number of oxime groups is 1. The molecule has 0 aromatic rings. The Morgan fingerprint density at radius 1 is 1.40 bits per heavy atom. The third-order valence-electron chi connectivity index (χ3n) is 4.47. The first-order valence-corrected chi connectivity index (χ1v) is 7.76. The predicted octanol–water partition coefficient (Wildman–Crippen LogP) is 2.33. The average molecular weight is 285 g/mol. The molecule has 118 valence electrons. The van der Waals surface area contributed by atoms with E-state index in [1.165, 1.54) is 12.8 Å². The number of hydrogen-bond acceptors (Lipinski definition) is 4. The normalized spacial score (nSPS) is 20.1. The molecule has 1 aliphatic rings. The molecule has 1 unspecified atom stereocenters. The summed E-state index contributed by atoms with van der Waals surface area (Å²) < 4.78 is 5.39. The van der Waals surface area contributed by atoms with Crippen LogP contribution in [0, 0.1) is 11.3 Å². The lowest BCUT2D eigenvalue weighted by molar-refractivity contribution is 0.0559. The van der Waals surface area contributed by atoms with Gasteiger partial charge in [0.25, 0.3) is 0 Å². The summed E-state index contributed by atoms with van der Waals surface area (Å²) in [6.45, 7) is 9.15. The highest BCUT2D eigenvalue weighted by Gasteiger charge is 2.23. The predicted molar refractivity (Wildman–Crippen MR) is 82.0 cm³/mol. The van der Waals surface area contributed by atoms with Gasteiger partial charge in [-0.25, -0.2) is 0 Å². The van der Waals surface area contributed by atoms with Crippen LogP contribution < -0.4 is 11.1 Å². The molecule has 0 aliphatic carbocycles. The third kappa shape index (κ3) is 5.67. The van der Waals surface area contributed by atoms with Gasteiger partial charge >= 0.3 is 0 Å². The number of nitrogens with zero attached hydrogens (tertiary/aromatic N) is 1. The lowest BCUT2D eigenvalue weighted by Gasteiger charge is -2.28. The molecule has 0 bridgehead atoms. The SMILES string of the molecule is CC(NCCCCC(C)(C)C(N)=NO)C1CCOCC1. The van der Waals surface area contributed by atoms with Crippen LogP contribution in [0.5, 0.6) is 0 Å². The molecule has 1 fully saturated rings. The van der Waals surface area contributed by atoms with Crippen LogP contribution in [0.25, 0.3) is 0 Å². The van der Waals surface area contributed by atoms with E-state index in [1.807, 2.05) is 13.8 Å². The molecular formula is C15H31N3O2. The highest BCUT2D eigenvalue weighted by Crippen LogP contribution is 2.23. The highest BCUT2D eigenvalue weighted by molar-refractivity contribution is 5.85. The first-order valence-electron chi connectivity index (χ1n) is 7.76. The Bertz CT molecular complexity index is 299. The van der Waals surface area contributed by atoms with Crippen molar-refractivity contribution in [3.63, 3.8) is 0 Å². The smallest absolute Gasteiger partial charge is 0.144 e. The first-order chi connectivity index (χ1) is 9.47. The summed E-state index contributed by atoms with van der Waals surface area (Å²) in [5.41, 5.74) is 5.46. The highest BCUT2D eigenvalue weighted by atomic mass is 16.5. The molecule has 0 aromatic carbocycles. The standard InChI is InChI=1S/C15H31N3O2/c1-12(13-6-10-20-11-7-13)17-9-5-4-8-15(2,3)14(16)18-19/h12-13,17,19H,4-11H2,1-3H3,(H2,16,18). The Kier molecular flexibility index (Phi) is 7.30. The first kappa shape index (κ1) is 17.2. The topological polar surface area (TPSA) is 79.9 Å². The van der Waals surface area contributed by atoms with E-state index >= 15 is 0 Å². The van der Waals surface area contributed by atoms with Gasteiger partial charge in [0.2, 0.25) is 0 Å². The van der Waals surface area contributed by atoms with Crippen LogP contribution in [-0.2, 0) is 4.74 Å². The molecule has 0 spiro atoms. The van der Waals surface area contributed by atoms with Gasteiger partial charge in [-0.05, 0) is 45.1 Å². The van der Waals surface area contributed by atoms with E-state index < -0.39 is 0 Å². The monoisotopic (exact) mass is 285 g/mol. The van der Waals surface area contributed by atoms with Crippen molar-refractivity contribution in [2.24, 2.45) is 22.2 Å². The fourth-order valence-corrected chi connectivity index (χ4v) is 2.67. The quantitative estimate of drug-likeness (QED) is 0.210. The van der Waals surface area contributed by atoms with Gasteiger partial charge in [0.15, 0.2) is 0 Å². The van der Waals surface area contributed by atoms with Gasteiger partial charge in [0, 0.05) is 24.7 Å². The van der Waals surface area contributed by atoms with E-state index in [0.29, 0.717) is 11.9 Å². The van der Waals surface area contributed by atoms with Crippen molar-refractivity contribution in [3.8, 4) is 0 Å². The van der Waals surface area contributed by atoms with Crippen molar-refractivity contribution in [2.75, 3.05) is 19.8 Å². The minimum absolute atomic E-state index is 0.221. The summed E-state index contributed by atoms with van der Waals surface area (Å²) in [4.78, 5) is 0. The van der Waals surface area contributed by atoms with Crippen molar-refractivity contribution in [3.05, 3.63) is 0 Å². The number of hydrogen-bond donors (Lipinski definition) is 3. The van der Waals surface area contributed by atoms with Crippen molar-refractivity contribution in [1.82, 2.24) is 5.32 Å². The molecule has 1 saturated heterocycles. The fourth-order valence-electron chi connectivity index (χ4n) is 2.67. The molecular weight excluding hydrogens is 254 g/mol. The average Bonchev–Trinajstić information content (AvgIpc) is 2.46. The molecule has 5 nitrogen and oxygen atoms in total. The van der Waals surface area contributed by atoms with Crippen LogP contribution in [0.1, 0.15) is 52.9 Å². The summed E-state index contributed by atoms with van der Waals surface area (Å²) in [7, 11) is 0. The maximum atomic E-state index is 8.73. The van der Waals surface area contributed by atoms with Crippen molar-refractivity contribution < 1.29 is 9.94 Å². The zero-order valence-electron chi connectivity index (χ0n) is 13.2. The van der Waals surface area contributed by atoms with Crippen LogP contribution >= 0.6 is 0 Å². The number of ether oxygens (including phenoxy) is 1. The summed E-state index contributed by atoms with van der Waals surface area (Å²) in [6, 6.07) is 0.566. The van der Waals surface area contributed by atoms with Crippen LogP contribution in [0.15, 0.2) is 5.16 Å². The Morgan fingerprint density at radius 2 is 2.05 bits per heavy atom. The molecule has 1 heterocycles. The molecule has 20 heavy (non-hydrogen) atoms. The van der Waals surface area contributed by atoms with E-state index in [1.54, 1.807) is 0 Å². The number of unbranched alkanes of at least 4 members (excludes halogenated alkanes) is 1. The summed E-state index contributed by atoms with van der Waals surface area (Å²) in [6.07, 6.45) is 5.48. The Balaban J connectivity index is 2.12. The second kappa shape index (κ2) is 8.47. The van der Waals surface area contributed by atoms with Gasteiger partial charge in [-0.3, -0.25) is 0 Å². The lowest BCUT2D eigenvalue weighted by atomic mass is 9.86. The van der Waals surface area contributed by atoms with Crippen LogP contribution in [0.3, 0.4) is 0 Å². The molecule has 0 radical (unpaired) electrons. The lowest BCUT2D eigenvalue weighted by Crippen LogP contribution is -2.37. The second-order valence-electron chi connectivity index (χ2n) is 6.52. The van der Waals surface area contributed by atoms with Crippen molar-refractivity contribution in [1.29, 1.82) is 0 Å². The van der Waals surface area contributed by atoms with E-state index in [9.17, 15) is 0 Å². The fraction of sp³-hybridized carbons (Fsp3) is 0.933. The molecule has 4 N–H and O–H groups in total. The van der Waals surface area contributed by atoms with Gasteiger partial charge in [-0.2, -0.15) is 0 Å². The number of nitrogens with one attached hydrogen (secondary N) is 1. The van der Waals surface area contributed by atoms with Crippen LogP contribution in [0.4, 0.5) is 0 Å². The van der Waals surface area contributed by atoms with Gasteiger partial charge in [-0.15, -0.1) is 0 Å². The molecule has 5 heteroatoms. The van der Waals surface area contributed by atoms with E-state index in [4.69, 9.17) is 15.7 Å². The molecule has 0 amide bonds. The van der Waals surface area contributed by atoms with Gasteiger partial charge in [0.05, 0.1) is 0 Å². The number of amidine groups is 1. The molecule has 1 atom stereocenters. The van der Waals surface area contributed by atoms with Crippen molar-refractivity contribution >= 4 is 5.84 Å². The summed E-state index contributed by atoms with van der Waals surface area (Å²) in [5.74, 6) is 1.07. The molecule has 1 rings (SSSR count). The zero-order chi connectivity index (χ0) is 15.0. The molecule has 0 saturated carbocycles. The van der Waals surface area contributed by atoms with E-state index in [0.717, 1.165) is 44.9 Å². The third-order valence-corrected chi connectivity index (χ3v) is 4.47. The number of rotatable bonds is 8. The van der Waals surface area contributed by atoms with E-state index in [-0.39, 0.29) is 5.41 Å². The number of nitrogens with two attached hydrogens (primary N) is 1. The summed E-state index contributed by atoms with van der Waals surface area (Å²) in [5, 5.41) is 15.5. The summed E-state index contributed by atoms with van der Waals surface area (Å²) >= 11 is 0. The molecule has 1 aliphatic heterocycles. The Labute approximate surface area is 122 Å². The maximum Gasteiger partial charge on any atom is 0.144 e. The Morgan fingerprint density at radius 3 is 2.65 bits per heavy atom. The van der Waals surface area contributed by atoms with Gasteiger partial charge < -0.3 is 21.0 Å².